The van der Waals surface area contributed by atoms with Gasteiger partial charge < -0.3 is 18.0 Å². The molecule has 0 N–H and O–H groups in total. The predicted octanol–water partition coefficient (Wildman–Crippen LogP) is 1.70. The fourth-order valence-corrected chi connectivity index (χ4v) is 4.45. The molecule has 2 atom stereocenters. The van der Waals surface area contributed by atoms with Crippen LogP contribution in [0, 0.1) is 0 Å². The third-order valence-corrected chi connectivity index (χ3v) is 6.01. The lowest BCUT2D eigenvalue weighted by Gasteiger charge is -2.33. The molecule has 7 heteroatoms. The maximum Gasteiger partial charge on any atom is 0.534 e. The van der Waals surface area contributed by atoms with Crippen LogP contribution in [0.4, 0.5) is 0 Å². The minimum atomic E-state index is -2.86. The molecule has 1 saturated heterocycles. The second kappa shape index (κ2) is 9.01. The Morgan fingerprint density at radius 2 is 1.58 bits per heavy atom. The molecule has 0 aromatic heterocycles. The van der Waals surface area contributed by atoms with Gasteiger partial charge in [0.1, 0.15) is 12.7 Å². The van der Waals surface area contributed by atoms with Gasteiger partial charge in [-0.3, -0.25) is 0 Å². The van der Waals surface area contributed by atoms with Crippen molar-refractivity contribution in [2.75, 3.05) is 33.0 Å². The number of hydrogen-bond acceptors (Lipinski definition) is 6. The predicted molar refractivity (Wildman–Crippen MR) is 71.5 cm³/mol. The molecule has 0 aromatic rings. The molecule has 1 heterocycles. The number of hydrogen-bond donors (Lipinski definition) is 0. The molecular weight excluding hydrogens is 268 g/mol. The van der Waals surface area contributed by atoms with Gasteiger partial charge in [0.05, 0.1) is 6.61 Å². The largest absolute Gasteiger partial charge is 0.534 e. The summed E-state index contributed by atoms with van der Waals surface area (Å²) >= 11 is 0. The average Bonchev–Trinajstić information content (AvgIpc) is 3.19. The van der Waals surface area contributed by atoms with Gasteiger partial charge >= 0.3 is 8.80 Å². The molecule has 0 bridgehead atoms. The summed E-state index contributed by atoms with van der Waals surface area (Å²) in [6.07, 6.45) is 0.873. The molecular formula is C12H26O6Si. The first-order chi connectivity index (χ1) is 9.22. The van der Waals surface area contributed by atoms with Crippen molar-refractivity contribution in [2.24, 2.45) is 0 Å². The summed E-state index contributed by atoms with van der Waals surface area (Å²) in [7, 11) is -2.86. The van der Waals surface area contributed by atoms with Crippen molar-refractivity contribution in [3.8, 4) is 0 Å². The molecule has 0 spiro atoms. The van der Waals surface area contributed by atoms with Crippen molar-refractivity contribution in [2.45, 2.75) is 45.9 Å². The molecule has 0 amide bonds. The smallest absolute Gasteiger partial charge is 0.372 e. The first-order valence-electron chi connectivity index (χ1n) is 7.04. The maximum absolute atomic E-state index is 5.79. The monoisotopic (exact) mass is 294 g/mol. The minimum absolute atomic E-state index is 0.167. The number of rotatable bonds is 12. The second-order valence-electron chi connectivity index (χ2n) is 4.14. The van der Waals surface area contributed by atoms with Gasteiger partial charge in [0.15, 0.2) is 5.73 Å². The van der Waals surface area contributed by atoms with Crippen molar-refractivity contribution < 1.29 is 27.8 Å². The highest BCUT2D eigenvalue weighted by molar-refractivity contribution is 6.62. The van der Waals surface area contributed by atoms with Gasteiger partial charge in [0.2, 0.25) is 0 Å². The van der Waals surface area contributed by atoms with Crippen molar-refractivity contribution >= 4 is 8.80 Å². The van der Waals surface area contributed by atoms with E-state index in [1.54, 1.807) is 0 Å². The van der Waals surface area contributed by atoms with E-state index < -0.39 is 8.80 Å². The molecule has 1 aliphatic rings. The van der Waals surface area contributed by atoms with Crippen LogP contribution in [0.2, 0.25) is 0 Å². The third-order valence-electron chi connectivity index (χ3n) is 2.64. The zero-order valence-corrected chi connectivity index (χ0v) is 13.3. The molecule has 1 aliphatic heterocycles. The highest BCUT2D eigenvalue weighted by Gasteiger charge is 2.50. The van der Waals surface area contributed by atoms with Gasteiger partial charge in [-0.05, 0) is 27.2 Å². The lowest BCUT2D eigenvalue weighted by Crippen LogP contribution is -2.57. The van der Waals surface area contributed by atoms with Crippen LogP contribution in [-0.2, 0) is 27.8 Å². The maximum atomic E-state index is 5.79. The molecule has 0 saturated carbocycles. The van der Waals surface area contributed by atoms with Crippen LogP contribution in [0.15, 0.2) is 0 Å². The SMILES string of the molecule is CCO[Si](OCC)(OCC)C(CC)OOCC1CO1. The van der Waals surface area contributed by atoms with Crippen molar-refractivity contribution in [3.63, 3.8) is 0 Å². The zero-order valence-electron chi connectivity index (χ0n) is 12.3. The summed E-state index contributed by atoms with van der Waals surface area (Å²) in [5, 5.41) is 0. The van der Waals surface area contributed by atoms with E-state index >= 15 is 0 Å². The summed E-state index contributed by atoms with van der Waals surface area (Å²) in [5.41, 5.74) is -0.314. The number of ether oxygens (including phenoxy) is 1. The molecule has 6 nitrogen and oxygen atoms in total. The highest BCUT2D eigenvalue weighted by atomic mass is 28.4. The van der Waals surface area contributed by atoms with Crippen LogP contribution >= 0.6 is 0 Å². The second-order valence-corrected chi connectivity index (χ2v) is 6.85. The molecule has 0 aliphatic carbocycles. The fourth-order valence-electron chi connectivity index (χ4n) is 1.75. The van der Waals surface area contributed by atoms with Crippen LogP contribution < -0.4 is 0 Å². The number of epoxide rings is 1. The van der Waals surface area contributed by atoms with Gasteiger partial charge in [-0.2, -0.15) is 0 Å². The molecule has 0 radical (unpaired) electrons. The van der Waals surface area contributed by atoms with E-state index in [4.69, 9.17) is 27.8 Å². The normalized spacial score (nSPS) is 20.5. The molecule has 0 aromatic carbocycles. The van der Waals surface area contributed by atoms with Crippen LogP contribution in [-0.4, -0.2) is 53.7 Å². The Hall–Kier alpha value is -0.0231. The Balaban J connectivity index is 2.58. The van der Waals surface area contributed by atoms with Crippen LogP contribution in [0.25, 0.3) is 0 Å². The first kappa shape index (κ1) is 17.0. The Labute approximate surface area is 116 Å². The molecule has 2 unspecified atom stereocenters. The van der Waals surface area contributed by atoms with Crippen molar-refractivity contribution in [1.82, 2.24) is 0 Å². The average molecular weight is 294 g/mol. The lowest BCUT2D eigenvalue weighted by molar-refractivity contribution is -0.319. The van der Waals surface area contributed by atoms with Gasteiger partial charge in [0.25, 0.3) is 0 Å². The van der Waals surface area contributed by atoms with E-state index in [-0.39, 0.29) is 11.8 Å². The Kier molecular flexibility index (Phi) is 8.08. The summed E-state index contributed by atoms with van der Waals surface area (Å²) in [5.74, 6) is 0. The zero-order chi connectivity index (χ0) is 14.1. The Morgan fingerprint density at radius 3 is 1.95 bits per heavy atom. The summed E-state index contributed by atoms with van der Waals surface area (Å²) in [6, 6.07) is 0. The Morgan fingerprint density at radius 1 is 1.05 bits per heavy atom. The third kappa shape index (κ3) is 5.47. The molecule has 19 heavy (non-hydrogen) atoms. The highest BCUT2D eigenvalue weighted by Crippen LogP contribution is 2.21. The topological polar surface area (TPSA) is 58.7 Å². The quantitative estimate of drug-likeness (QED) is 0.236. The summed E-state index contributed by atoms with van der Waals surface area (Å²) < 4.78 is 22.4. The van der Waals surface area contributed by atoms with E-state index in [1.807, 2.05) is 27.7 Å². The van der Waals surface area contributed by atoms with Crippen LogP contribution in [0.3, 0.4) is 0 Å². The van der Waals surface area contributed by atoms with Crippen molar-refractivity contribution in [1.29, 1.82) is 0 Å². The van der Waals surface area contributed by atoms with Crippen LogP contribution in [0.1, 0.15) is 34.1 Å². The molecule has 1 rings (SSSR count). The van der Waals surface area contributed by atoms with E-state index in [0.29, 0.717) is 32.8 Å². The molecule has 1 fully saturated rings. The van der Waals surface area contributed by atoms with Gasteiger partial charge in [-0.15, -0.1) is 0 Å². The summed E-state index contributed by atoms with van der Waals surface area (Å²) in [6.45, 7) is 10.5. The van der Waals surface area contributed by atoms with Crippen molar-refractivity contribution in [3.05, 3.63) is 0 Å². The van der Waals surface area contributed by atoms with Crippen LogP contribution in [0.5, 0.6) is 0 Å². The Bertz CT molecular complexity index is 219. The van der Waals surface area contributed by atoms with E-state index in [0.717, 1.165) is 6.61 Å². The van der Waals surface area contributed by atoms with E-state index in [1.165, 1.54) is 0 Å². The standard InChI is InChI=1S/C12H26O6Si/c1-5-12(18-14-10-11-9-13-11)19(15-6-2,16-7-3)17-8-4/h11-12H,5-10H2,1-4H3. The fraction of sp³-hybridized carbons (Fsp3) is 1.00. The molecule has 114 valence electrons. The minimum Gasteiger partial charge on any atom is -0.372 e. The van der Waals surface area contributed by atoms with Gasteiger partial charge in [0, 0.05) is 19.8 Å². The lowest BCUT2D eigenvalue weighted by atomic mass is 10.5. The summed E-state index contributed by atoms with van der Waals surface area (Å²) in [4.78, 5) is 10.7. The van der Waals surface area contributed by atoms with Gasteiger partial charge in [-0.25, -0.2) is 9.78 Å². The van der Waals surface area contributed by atoms with E-state index in [2.05, 4.69) is 0 Å². The van der Waals surface area contributed by atoms with Gasteiger partial charge in [-0.1, -0.05) is 6.92 Å². The van der Waals surface area contributed by atoms with E-state index in [9.17, 15) is 0 Å². The first-order valence-corrected chi connectivity index (χ1v) is 8.84.